The molecule has 1 N–H and O–H groups in total. The van der Waals surface area contributed by atoms with E-state index in [1.807, 2.05) is 24.3 Å². The number of carbonyl (C=O) groups is 1. The molecule has 0 unspecified atom stereocenters. The normalized spacial score (nSPS) is 12.6. The number of anilines is 1. The van der Waals surface area contributed by atoms with Gasteiger partial charge in [-0.1, -0.05) is 29.8 Å². The van der Waals surface area contributed by atoms with Crippen molar-refractivity contribution in [1.29, 1.82) is 0 Å². The Labute approximate surface area is 126 Å². The Balaban J connectivity index is 1.68. The number of rotatable bonds is 3. The Kier molecular flexibility index (Phi) is 3.79. The van der Waals surface area contributed by atoms with Gasteiger partial charge in [0.2, 0.25) is 12.7 Å². The van der Waals surface area contributed by atoms with Gasteiger partial charge in [-0.15, -0.1) is 0 Å². The van der Waals surface area contributed by atoms with Gasteiger partial charge >= 0.3 is 0 Å². The molecule has 0 aliphatic carbocycles. The molecule has 0 spiro atoms. The van der Waals surface area contributed by atoms with Gasteiger partial charge in [0, 0.05) is 6.08 Å². The van der Waals surface area contributed by atoms with Gasteiger partial charge in [0.15, 0.2) is 11.5 Å². The number of carbonyl (C=O) groups excluding carboxylic acids is 1. The molecule has 5 heteroatoms. The predicted octanol–water partition coefficient (Wildman–Crippen LogP) is 3.72. The smallest absolute Gasteiger partial charge is 0.248 e. The van der Waals surface area contributed by atoms with E-state index < -0.39 is 0 Å². The molecule has 0 bridgehead atoms. The number of para-hydroxylation sites is 1. The van der Waals surface area contributed by atoms with Gasteiger partial charge < -0.3 is 14.8 Å². The Hall–Kier alpha value is -2.46. The number of halogens is 1. The maximum Gasteiger partial charge on any atom is 0.248 e. The van der Waals surface area contributed by atoms with Crippen molar-refractivity contribution in [2.45, 2.75) is 0 Å². The minimum Gasteiger partial charge on any atom is -0.454 e. The summed E-state index contributed by atoms with van der Waals surface area (Å²) in [4.78, 5) is 11.9. The summed E-state index contributed by atoms with van der Waals surface area (Å²) in [5.41, 5.74) is 1.44. The number of ether oxygens (including phenoxy) is 2. The van der Waals surface area contributed by atoms with Crippen LogP contribution in [0.1, 0.15) is 5.56 Å². The van der Waals surface area contributed by atoms with E-state index in [-0.39, 0.29) is 12.7 Å². The molecule has 21 heavy (non-hydrogen) atoms. The van der Waals surface area contributed by atoms with Crippen LogP contribution in [-0.4, -0.2) is 12.7 Å². The lowest BCUT2D eigenvalue weighted by Gasteiger charge is -2.03. The Morgan fingerprint density at radius 2 is 1.95 bits per heavy atom. The number of hydrogen-bond acceptors (Lipinski definition) is 3. The maximum absolute atomic E-state index is 11.9. The van der Waals surface area contributed by atoms with Crippen LogP contribution >= 0.6 is 11.6 Å². The third kappa shape index (κ3) is 3.17. The van der Waals surface area contributed by atoms with E-state index in [1.165, 1.54) is 6.08 Å². The number of hydrogen-bond donors (Lipinski definition) is 1. The summed E-state index contributed by atoms with van der Waals surface area (Å²) in [6.45, 7) is 0.232. The highest BCUT2D eigenvalue weighted by Gasteiger charge is 2.12. The van der Waals surface area contributed by atoms with Crippen molar-refractivity contribution in [3.8, 4) is 11.5 Å². The fourth-order valence-electron chi connectivity index (χ4n) is 1.93. The maximum atomic E-state index is 11.9. The topological polar surface area (TPSA) is 47.6 Å². The Morgan fingerprint density at radius 3 is 2.81 bits per heavy atom. The van der Waals surface area contributed by atoms with Crippen molar-refractivity contribution >= 4 is 29.3 Å². The van der Waals surface area contributed by atoms with Gasteiger partial charge in [-0.05, 0) is 35.9 Å². The number of benzene rings is 2. The molecule has 0 saturated heterocycles. The number of fused-ring (bicyclic) bond motifs is 1. The van der Waals surface area contributed by atoms with Crippen molar-refractivity contribution < 1.29 is 14.3 Å². The van der Waals surface area contributed by atoms with Crippen molar-refractivity contribution in [1.82, 2.24) is 0 Å². The summed E-state index contributed by atoms with van der Waals surface area (Å²) < 4.78 is 10.5. The minimum atomic E-state index is -0.249. The van der Waals surface area contributed by atoms with Crippen LogP contribution in [0.25, 0.3) is 6.08 Å². The second-order valence-electron chi connectivity index (χ2n) is 4.42. The highest BCUT2D eigenvalue weighted by atomic mass is 35.5. The highest BCUT2D eigenvalue weighted by molar-refractivity contribution is 6.33. The Bertz CT molecular complexity index is 712. The zero-order valence-corrected chi connectivity index (χ0v) is 11.8. The molecular weight excluding hydrogens is 290 g/mol. The summed E-state index contributed by atoms with van der Waals surface area (Å²) in [5.74, 6) is 1.15. The standard InChI is InChI=1S/C16H12ClNO3/c17-12-3-1-2-4-13(12)18-16(19)8-6-11-5-7-14-15(9-11)21-10-20-14/h1-9H,10H2,(H,18,19)/b8-6+. The molecule has 0 aromatic heterocycles. The number of nitrogens with one attached hydrogen (secondary N) is 1. The van der Waals surface area contributed by atoms with E-state index in [9.17, 15) is 4.79 Å². The molecule has 1 aliphatic heterocycles. The molecular formula is C16H12ClNO3. The van der Waals surface area contributed by atoms with Crippen LogP contribution in [0.5, 0.6) is 11.5 Å². The summed E-state index contributed by atoms with van der Waals surface area (Å²) in [7, 11) is 0. The lowest BCUT2D eigenvalue weighted by atomic mass is 10.2. The third-order valence-corrected chi connectivity index (χ3v) is 3.29. The lowest BCUT2D eigenvalue weighted by Crippen LogP contribution is -2.07. The van der Waals surface area contributed by atoms with Gasteiger partial charge in [0.1, 0.15) is 0 Å². The quantitative estimate of drug-likeness (QED) is 0.879. The monoisotopic (exact) mass is 301 g/mol. The van der Waals surface area contributed by atoms with E-state index >= 15 is 0 Å². The van der Waals surface area contributed by atoms with Gasteiger partial charge in [0.25, 0.3) is 0 Å². The summed E-state index contributed by atoms with van der Waals surface area (Å²) in [6.07, 6.45) is 3.15. The van der Waals surface area contributed by atoms with Crippen LogP contribution in [0.2, 0.25) is 5.02 Å². The van der Waals surface area contributed by atoms with Crippen molar-refractivity contribution in [3.63, 3.8) is 0 Å². The zero-order valence-electron chi connectivity index (χ0n) is 11.0. The van der Waals surface area contributed by atoms with Crippen molar-refractivity contribution in [2.75, 3.05) is 12.1 Å². The van der Waals surface area contributed by atoms with Crippen LogP contribution in [0.3, 0.4) is 0 Å². The van der Waals surface area contributed by atoms with Crippen LogP contribution < -0.4 is 14.8 Å². The third-order valence-electron chi connectivity index (χ3n) is 2.96. The van der Waals surface area contributed by atoms with Gasteiger partial charge in [-0.2, -0.15) is 0 Å². The highest BCUT2D eigenvalue weighted by Crippen LogP contribution is 2.32. The lowest BCUT2D eigenvalue weighted by molar-refractivity contribution is -0.111. The zero-order chi connectivity index (χ0) is 14.7. The molecule has 2 aromatic carbocycles. The van der Waals surface area contributed by atoms with Gasteiger partial charge in [-0.25, -0.2) is 0 Å². The molecule has 1 amide bonds. The van der Waals surface area contributed by atoms with Crippen LogP contribution in [0, 0.1) is 0 Å². The molecule has 2 aromatic rings. The fraction of sp³-hybridized carbons (Fsp3) is 0.0625. The first-order valence-electron chi connectivity index (χ1n) is 6.35. The van der Waals surface area contributed by atoms with E-state index in [1.54, 1.807) is 24.3 Å². The average molecular weight is 302 g/mol. The first-order valence-corrected chi connectivity index (χ1v) is 6.73. The molecule has 0 radical (unpaired) electrons. The molecule has 0 fully saturated rings. The van der Waals surface area contributed by atoms with E-state index in [2.05, 4.69) is 5.32 Å². The Morgan fingerprint density at radius 1 is 1.14 bits per heavy atom. The van der Waals surface area contributed by atoms with E-state index in [0.29, 0.717) is 22.2 Å². The molecule has 0 atom stereocenters. The molecule has 1 aliphatic rings. The van der Waals surface area contributed by atoms with Crippen LogP contribution in [0.15, 0.2) is 48.5 Å². The summed E-state index contributed by atoms with van der Waals surface area (Å²) in [5, 5.41) is 3.22. The van der Waals surface area contributed by atoms with Crippen LogP contribution in [0.4, 0.5) is 5.69 Å². The van der Waals surface area contributed by atoms with E-state index in [0.717, 1.165) is 5.56 Å². The van der Waals surface area contributed by atoms with Crippen molar-refractivity contribution in [2.24, 2.45) is 0 Å². The number of amides is 1. The average Bonchev–Trinajstić information content (AvgIpc) is 2.95. The van der Waals surface area contributed by atoms with E-state index in [4.69, 9.17) is 21.1 Å². The molecule has 106 valence electrons. The molecule has 4 nitrogen and oxygen atoms in total. The first kappa shape index (κ1) is 13.5. The van der Waals surface area contributed by atoms with Gasteiger partial charge in [-0.3, -0.25) is 4.79 Å². The second kappa shape index (κ2) is 5.89. The molecule has 3 rings (SSSR count). The minimum absolute atomic E-state index is 0.232. The molecule has 0 saturated carbocycles. The first-order chi connectivity index (χ1) is 10.2. The van der Waals surface area contributed by atoms with Crippen molar-refractivity contribution in [3.05, 3.63) is 59.1 Å². The summed E-state index contributed by atoms with van der Waals surface area (Å²) >= 11 is 5.98. The molecule has 1 heterocycles. The summed E-state index contributed by atoms with van der Waals surface area (Å²) in [6, 6.07) is 12.6. The van der Waals surface area contributed by atoms with Crippen LogP contribution in [-0.2, 0) is 4.79 Å². The SMILES string of the molecule is O=C(/C=C/c1ccc2c(c1)OCO2)Nc1ccccc1Cl. The largest absolute Gasteiger partial charge is 0.454 e. The van der Waals surface area contributed by atoms with Gasteiger partial charge in [0.05, 0.1) is 10.7 Å². The predicted molar refractivity (Wildman–Crippen MR) is 81.7 cm³/mol. The second-order valence-corrected chi connectivity index (χ2v) is 4.82. The fourth-order valence-corrected chi connectivity index (χ4v) is 2.11.